The van der Waals surface area contributed by atoms with Gasteiger partial charge in [0.1, 0.15) is 0 Å². The number of carbonyl (C=O) groups is 2. The number of carbonyl (C=O) groups excluding carboxylic acids is 2. The molecule has 1 aromatic heterocycles. The second-order valence-corrected chi connectivity index (χ2v) is 11.0. The molecule has 38 heavy (non-hydrogen) atoms. The Kier molecular flexibility index (Phi) is 5.81. The SMILES string of the molecule is CC(C)c1[nH]n(-c2ccccc2)c(=O)c1C1(C(F)(F)F)C(=O)N(c2ccccc2)C2=C1C(=O)CC(C)(C)C2. The van der Waals surface area contributed by atoms with E-state index in [-0.39, 0.29) is 29.9 Å². The zero-order valence-corrected chi connectivity index (χ0v) is 21.5. The standard InChI is InChI=1S/C29H28F3N3O3/c1-17(2)24-23(25(37)35(33-24)19-13-9-6-10-14-19)28(29(30,31)32)22-20(15-27(3,4)16-21(22)36)34(26(28)38)18-11-7-5-8-12-18/h5-14,17,33H,15-16H2,1-4H3. The number of aromatic amines is 1. The van der Waals surface area contributed by atoms with Crippen molar-refractivity contribution in [1.29, 1.82) is 0 Å². The lowest BCUT2D eigenvalue weighted by Crippen LogP contribution is -2.55. The first-order valence-electron chi connectivity index (χ1n) is 12.4. The predicted octanol–water partition coefficient (Wildman–Crippen LogP) is 5.78. The molecule has 0 saturated carbocycles. The minimum Gasteiger partial charge on any atom is -0.294 e. The number of nitrogens with one attached hydrogen (secondary N) is 1. The zero-order chi connectivity index (χ0) is 27.6. The molecule has 6 nitrogen and oxygen atoms in total. The Morgan fingerprint density at radius 2 is 1.42 bits per heavy atom. The van der Waals surface area contributed by atoms with Crippen molar-refractivity contribution in [2.24, 2.45) is 5.41 Å². The van der Waals surface area contributed by atoms with E-state index in [1.54, 1.807) is 76.2 Å². The second kappa shape index (κ2) is 8.58. The third-order valence-corrected chi connectivity index (χ3v) is 7.35. The lowest BCUT2D eigenvalue weighted by atomic mass is 9.66. The van der Waals surface area contributed by atoms with Gasteiger partial charge in [-0.3, -0.25) is 24.4 Å². The zero-order valence-electron chi connectivity index (χ0n) is 21.5. The number of ketones is 1. The summed E-state index contributed by atoms with van der Waals surface area (Å²) in [6, 6.07) is 16.2. The molecule has 0 bridgehead atoms. The van der Waals surface area contributed by atoms with Gasteiger partial charge in [0, 0.05) is 29.1 Å². The van der Waals surface area contributed by atoms with E-state index in [1.807, 2.05) is 0 Å². The maximum Gasteiger partial charge on any atom is 0.411 e. The number of hydrogen-bond donors (Lipinski definition) is 1. The highest BCUT2D eigenvalue weighted by atomic mass is 19.4. The summed E-state index contributed by atoms with van der Waals surface area (Å²) in [5.74, 6) is -2.72. The van der Waals surface area contributed by atoms with Crippen LogP contribution in [0.15, 0.2) is 76.7 Å². The van der Waals surface area contributed by atoms with E-state index in [0.717, 1.165) is 9.58 Å². The van der Waals surface area contributed by atoms with Crippen LogP contribution in [0.2, 0.25) is 0 Å². The third-order valence-electron chi connectivity index (χ3n) is 7.35. The molecule has 0 radical (unpaired) electrons. The van der Waals surface area contributed by atoms with Gasteiger partial charge in [0.2, 0.25) is 5.41 Å². The first kappa shape index (κ1) is 25.8. The number of benzene rings is 2. The van der Waals surface area contributed by atoms with E-state index < -0.39 is 51.3 Å². The number of rotatable bonds is 4. The molecule has 5 rings (SSSR count). The highest BCUT2D eigenvalue weighted by Crippen LogP contribution is 2.58. The van der Waals surface area contributed by atoms with E-state index in [1.165, 1.54) is 12.1 Å². The Bertz CT molecular complexity index is 1520. The summed E-state index contributed by atoms with van der Waals surface area (Å²) in [4.78, 5) is 42.9. The molecule has 1 aliphatic heterocycles. The molecule has 1 atom stereocenters. The van der Waals surface area contributed by atoms with Crippen LogP contribution in [0.25, 0.3) is 5.69 Å². The summed E-state index contributed by atoms with van der Waals surface area (Å²) in [6.07, 6.45) is -5.38. The van der Waals surface area contributed by atoms with Crippen molar-refractivity contribution in [3.63, 3.8) is 0 Å². The van der Waals surface area contributed by atoms with Crippen LogP contribution in [0.5, 0.6) is 0 Å². The fourth-order valence-corrected chi connectivity index (χ4v) is 5.78. The molecule has 0 fully saturated rings. The summed E-state index contributed by atoms with van der Waals surface area (Å²) in [5.41, 5.74) is -6.02. The van der Waals surface area contributed by atoms with Gasteiger partial charge in [-0.05, 0) is 42.0 Å². The third kappa shape index (κ3) is 3.59. The van der Waals surface area contributed by atoms with Crippen molar-refractivity contribution < 1.29 is 22.8 Å². The summed E-state index contributed by atoms with van der Waals surface area (Å²) in [7, 11) is 0. The quantitative estimate of drug-likeness (QED) is 0.471. The molecule has 1 aliphatic carbocycles. The molecular weight excluding hydrogens is 495 g/mol. The fourth-order valence-electron chi connectivity index (χ4n) is 5.78. The Hall–Kier alpha value is -3.88. The molecular formula is C29H28F3N3O3. The summed E-state index contributed by atoms with van der Waals surface area (Å²) < 4.78 is 47.9. The molecule has 1 unspecified atom stereocenters. The Labute approximate surface area is 217 Å². The molecule has 2 aromatic carbocycles. The number of aromatic nitrogens is 2. The van der Waals surface area contributed by atoms with Crippen molar-refractivity contribution in [1.82, 2.24) is 9.78 Å². The van der Waals surface area contributed by atoms with Gasteiger partial charge >= 0.3 is 6.18 Å². The maximum atomic E-state index is 15.6. The van der Waals surface area contributed by atoms with Crippen LogP contribution in [-0.4, -0.2) is 27.6 Å². The summed E-state index contributed by atoms with van der Waals surface area (Å²) in [5, 5.41) is 2.84. The first-order valence-corrected chi connectivity index (χ1v) is 12.4. The topological polar surface area (TPSA) is 75.2 Å². The molecule has 1 N–H and O–H groups in total. The van der Waals surface area contributed by atoms with E-state index in [2.05, 4.69) is 5.10 Å². The van der Waals surface area contributed by atoms with Gasteiger partial charge in [-0.1, -0.05) is 64.1 Å². The van der Waals surface area contributed by atoms with Crippen LogP contribution in [0.1, 0.15) is 57.7 Å². The molecule has 2 aliphatic rings. The molecule has 1 amide bonds. The number of H-pyrrole nitrogens is 1. The number of alkyl halides is 3. The molecule has 9 heteroatoms. The van der Waals surface area contributed by atoms with E-state index in [9.17, 15) is 14.4 Å². The molecule has 0 spiro atoms. The summed E-state index contributed by atoms with van der Waals surface area (Å²) >= 11 is 0. The lowest BCUT2D eigenvalue weighted by molar-refractivity contribution is -0.184. The Morgan fingerprint density at radius 1 is 0.868 bits per heavy atom. The van der Waals surface area contributed by atoms with Crippen molar-refractivity contribution >= 4 is 17.4 Å². The van der Waals surface area contributed by atoms with Gasteiger partial charge in [-0.25, -0.2) is 4.68 Å². The maximum absolute atomic E-state index is 15.6. The van der Waals surface area contributed by atoms with Gasteiger partial charge in [0.25, 0.3) is 11.5 Å². The number of Topliss-reactive ketones (excluding diaryl/α,β-unsaturated/α-hetero) is 1. The smallest absolute Gasteiger partial charge is 0.294 e. The average Bonchev–Trinajstić information content (AvgIpc) is 3.31. The van der Waals surface area contributed by atoms with Crippen LogP contribution in [-0.2, 0) is 15.0 Å². The molecule has 3 aromatic rings. The fraction of sp³-hybridized carbons (Fsp3) is 0.345. The first-order chi connectivity index (χ1) is 17.8. The van der Waals surface area contributed by atoms with Crippen LogP contribution in [0.3, 0.4) is 0 Å². The molecule has 2 heterocycles. The minimum atomic E-state index is -5.27. The monoisotopic (exact) mass is 523 g/mol. The number of para-hydroxylation sites is 2. The number of anilines is 1. The number of amides is 1. The van der Waals surface area contributed by atoms with E-state index in [0.29, 0.717) is 5.69 Å². The van der Waals surface area contributed by atoms with Gasteiger partial charge < -0.3 is 0 Å². The number of halogens is 3. The van der Waals surface area contributed by atoms with Crippen molar-refractivity contribution in [3.05, 3.63) is 93.5 Å². The highest BCUT2D eigenvalue weighted by molar-refractivity contribution is 6.20. The largest absolute Gasteiger partial charge is 0.411 e. The predicted molar refractivity (Wildman–Crippen MR) is 137 cm³/mol. The van der Waals surface area contributed by atoms with Crippen molar-refractivity contribution in [2.45, 2.75) is 58.0 Å². The van der Waals surface area contributed by atoms with Crippen LogP contribution in [0.4, 0.5) is 18.9 Å². The van der Waals surface area contributed by atoms with Gasteiger partial charge in [-0.2, -0.15) is 13.2 Å². The second-order valence-electron chi connectivity index (χ2n) is 11.0. The number of allylic oxidation sites excluding steroid dienone is 1. The van der Waals surface area contributed by atoms with Crippen LogP contribution < -0.4 is 10.5 Å². The van der Waals surface area contributed by atoms with Crippen molar-refractivity contribution in [2.75, 3.05) is 4.90 Å². The number of hydrogen-bond acceptors (Lipinski definition) is 3. The molecule has 0 saturated heterocycles. The minimum absolute atomic E-state index is 0.00124. The molecule has 198 valence electrons. The lowest BCUT2D eigenvalue weighted by Gasteiger charge is -2.35. The van der Waals surface area contributed by atoms with Crippen LogP contribution in [0, 0.1) is 5.41 Å². The van der Waals surface area contributed by atoms with Gasteiger partial charge in [-0.15, -0.1) is 0 Å². The van der Waals surface area contributed by atoms with E-state index >= 15 is 13.2 Å². The van der Waals surface area contributed by atoms with Crippen LogP contribution >= 0.6 is 0 Å². The van der Waals surface area contributed by atoms with E-state index in [4.69, 9.17) is 0 Å². The van der Waals surface area contributed by atoms with Gasteiger partial charge in [0.05, 0.1) is 11.3 Å². The normalized spacial score (nSPS) is 21.4. The van der Waals surface area contributed by atoms with Crippen molar-refractivity contribution in [3.8, 4) is 5.69 Å². The Balaban J connectivity index is 1.92. The average molecular weight is 524 g/mol. The van der Waals surface area contributed by atoms with Gasteiger partial charge in [0.15, 0.2) is 5.78 Å². The summed E-state index contributed by atoms with van der Waals surface area (Å²) in [6.45, 7) is 6.86. The number of nitrogens with zero attached hydrogens (tertiary/aromatic N) is 2. The Morgan fingerprint density at radius 3 is 1.95 bits per heavy atom. The highest BCUT2D eigenvalue weighted by Gasteiger charge is 2.73.